The number of anilines is 1. The second kappa shape index (κ2) is 16.5. The number of hydrogen-bond acceptors (Lipinski definition) is 5. The van der Waals surface area contributed by atoms with E-state index in [9.17, 15) is 9.59 Å². The van der Waals surface area contributed by atoms with Crippen molar-refractivity contribution >= 4 is 17.6 Å². The number of ether oxygens (including phenoxy) is 1. The number of nitrogens with two attached hydrogens (primary N) is 1. The van der Waals surface area contributed by atoms with E-state index in [1.165, 1.54) is 71.1 Å². The molecule has 32 heavy (non-hydrogen) atoms. The fraction of sp³-hybridized carbons (Fsp3) is 0.692. The molecule has 0 aliphatic carbocycles. The Morgan fingerprint density at radius 1 is 0.875 bits per heavy atom. The van der Waals surface area contributed by atoms with Gasteiger partial charge in [-0.3, -0.25) is 4.79 Å². The number of carbonyl (C=O) groups excluding carboxylic acids is 2. The van der Waals surface area contributed by atoms with Crippen molar-refractivity contribution in [2.24, 2.45) is 11.1 Å². The van der Waals surface area contributed by atoms with Crippen LogP contribution in [0.3, 0.4) is 0 Å². The zero-order chi connectivity index (χ0) is 23.1. The van der Waals surface area contributed by atoms with Crippen molar-refractivity contribution in [1.29, 1.82) is 0 Å². The molecular formula is C26H47N3O3. The first-order valence-corrected chi connectivity index (χ1v) is 12.0. The third-order valence-corrected chi connectivity index (χ3v) is 5.49. The molecule has 6 heteroatoms. The Balaban J connectivity index is 0.00000961. The maximum atomic E-state index is 11.9. The third kappa shape index (κ3) is 14.8. The second-order valence-corrected chi connectivity index (χ2v) is 9.80. The first kappa shape index (κ1) is 29.9. The predicted octanol–water partition coefficient (Wildman–Crippen LogP) is 6.63. The largest absolute Gasteiger partial charge is 0.449 e. The number of hydrogen-bond donors (Lipinski definition) is 3. The van der Waals surface area contributed by atoms with E-state index in [1.807, 2.05) is 12.1 Å². The van der Waals surface area contributed by atoms with Crippen molar-refractivity contribution in [3.8, 4) is 0 Å². The normalized spacial score (nSPS) is 12.0. The molecule has 6 N–H and O–H groups in total. The Bertz CT molecular complexity index is 639. The lowest BCUT2D eigenvalue weighted by atomic mass is 9.89. The van der Waals surface area contributed by atoms with Crippen molar-refractivity contribution in [3.05, 3.63) is 29.8 Å². The standard InChI is InChI=1S/C26H44N2O3.H3N/c1-21(24(27)29)31-25(30)22-15-17-23(18-16-22)28-20-14-12-10-8-6-5-7-9-11-13-19-26(2,3)4;/h15-18,21,28H,5-14,19-20H2,1-4H3,(H2,27,29);1H3. The molecule has 0 saturated heterocycles. The minimum atomic E-state index is -0.927. The van der Waals surface area contributed by atoms with Crippen molar-refractivity contribution in [2.75, 3.05) is 11.9 Å². The van der Waals surface area contributed by atoms with E-state index in [4.69, 9.17) is 10.5 Å². The Kier molecular flexibility index (Phi) is 15.5. The molecule has 0 spiro atoms. The molecule has 1 unspecified atom stereocenters. The van der Waals surface area contributed by atoms with Gasteiger partial charge < -0.3 is 21.9 Å². The molecule has 1 atom stereocenters. The van der Waals surface area contributed by atoms with E-state index in [2.05, 4.69) is 26.1 Å². The summed E-state index contributed by atoms with van der Waals surface area (Å²) >= 11 is 0. The van der Waals surface area contributed by atoms with Crippen LogP contribution >= 0.6 is 0 Å². The Hall–Kier alpha value is -2.08. The molecule has 0 aliphatic rings. The van der Waals surface area contributed by atoms with E-state index >= 15 is 0 Å². The smallest absolute Gasteiger partial charge is 0.338 e. The lowest BCUT2D eigenvalue weighted by Crippen LogP contribution is -2.30. The second-order valence-electron chi connectivity index (χ2n) is 9.80. The number of esters is 1. The van der Waals surface area contributed by atoms with Gasteiger partial charge in [0.05, 0.1) is 5.56 Å². The molecule has 0 bridgehead atoms. The number of nitrogens with one attached hydrogen (secondary N) is 1. The van der Waals surface area contributed by atoms with Gasteiger partial charge >= 0.3 is 5.97 Å². The van der Waals surface area contributed by atoms with Gasteiger partial charge in [-0.15, -0.1) is 0 Å². The topological polar surface area (TPSA) is 116 Å². The van der Waals surface area contributed by atoms with Crippen LogP contribution in [0.2, 0.25) is 0 Å². The van der Waals surface area contributed by atoms with Crippen molar-refractivity contribution in [3.63, 3.8) is 0 Å². The van der Waals surface area contributed by atoms with Gasteiger partial charge in [-0.1, -0.05) is 78.6 Å². The number of amides is 1. The minimum absolute atomic E-state index is 0. The Morgan fingerprint density at radius 3 is 1.81 bits per heavy atom. The van der Waals surface area contributed by atoms with Gasteiger partial charge in [0.2, 0.25) is 0 Å². The van der Waals surface area contributed by atoms with Crippen LogP contribution in [0.15, 0.2) is 24.3 Å². The van der Waals surface area contributed by atoms with Gasteiger partial charge in [0.15, 0.2) is 6.10 Å². The van der Waals surface area contributed by atoms with Crippen LogP contribution in [-0.4, -0.2) is 24.5 Å². The monoisotopic (exact) mass is 449 g/mol. The van der Waals surface area contributed by atoms with Crippen LogP contribution in [0.1, 0.15) is 109 Å². The first-order valence-electron chi connectivity index (χ1n) is 12.0. The molecule has 0 saturated carbocycles. The maximum Gasteiger partial charge on any atom is 0.338 e. The highest BCUT2D eigenvalue weighted by Gasteiger charge is 2.15. The summed E-state index contributed by atoms with van der Waals surface area (Å²) in [5, 5.41) is 3.38. The highest BCUT2D eigenvalue weighted by molar-refractivity contribution is 5.92. The molecule has 0 aliphatic heterocycles. The average molecular weight is 450 g/mol. The van der Waals surface area contributed by atoms with Gasteiger partial charge in [0, 0.05) is 12.2 Å². The highest BCUT2D eigenvalue weighted by Crippen LogP contribution is 2.22. The molecule has 0 fully saturated rings. The van der Waals surface area contributed by atoms with Crippen LogP contribution in [-0.2, 0) is 9.53 Å². The van der Waals surface area contributed by atoms with Crippen molar-refractivity contribution in [1.82, 2.24) is 6.15 Å². The van der Waals surface area contributed by atoms with Crippen LogP contribution in [0.5, 0.6) is 0 Å². The molecule has 1 aromatic carbocycles. The summed E-state index contributed by atoms with van der Waals surface area (Å²) in [6.45, 7) is 9.37. The summed E-state index contributed by atoms with van der Waals surface area (Å²) in [4.78, 5) is 22.9. The zero-order valence-electron chi connectivity index (χ0n) is 20.9. The number of primary amides is 1. The van der Waals surface area contributed by atoms with Gasteiger partial charge in [-0.25, -0.2) is 4.79 Å². The number of unbranched alkanes of at least 4 members (excludes halogenated alkanes) is 9. The minimum Gasteiger partial charge on any atom is -0.449 e. The summed E-state index contributed by atoms with van der Waals surface area (Å²) in [7, 11) is 0. The van der Waals surface area contributed by atoms with E-state index in [-0.39, 0.29) is 6.15 Å². The highest BCUT2D eigenvalue weighted by atomic mass is 16.5. The summed E-state index contributed by atoms with van der Waals surface area (Å²) in [5.41, 5.74) is 6.98. The molecular weight excluding hydrogens is 402 g/mol. The van der Waals surface area contributed by atoms with E-state index in [0.717, 1.165) is 18.7 Å². The van der Waals surface area contributed by atoms with Gasteiger partial charge in [-0.05, 0) is 49.4 Å². The average Bonchev–Trinajstić information content (AvgIpc) is 2.70. The third-order valence-electron chi connectivity index (χ3n) is 5.49. The molecule has 0 radical (unpaired) electrons. The maximum absolute atomic E-state index is 11.9. The molecule has 1 aromatic rings. The van der Waals surface area contributed by atoms with Crippen LogP contribution in [0.25, 0.3) is 0 Å². The van der Waals surface area contributed by atoms with Crippen molar-refractivity contribution < 1.29 is 14.3 Å². The predicted molar refractivity (Wildman–Crippen MR) is 134 cm³/mol. The number of benzene rings is 1. The summed E-state index contributed by atoms with van der Waals surface area (Å²) in [5.74, 6) is -1.19. The zero-order valence-corrected chi connectivity index (χ0v) is 20.9. The van der Waals surface area contributed by atoms with E-state index < -0.39 is 18.0 Å². The molecule has 1 rings (SSSR count). The van der Waals surface area contributed by atoms with Crippen LogP contribution in [0.4, 0.5) is 5.69 Å². The first-order chi connectivity index (χ1) is 14.7. The van der Waals surface area contributed by atoms with Gasteiger partial charge in [0.1, 0.15) is 0 Å². The lowest BCUT2D eigenvalue weighted by Gasteiger charge is -2.17. The molecule has 6 nitrogen and oxygen atoms in total. The molecule has 0 heterocycles. The SMILES string of the molecule is CC(OC(=O)c1ccc(NCCCCCCCCCCCCC(C)(C)C)cc1)C(N)=O.N. The molecule has 1 amide bonds. The number of rotatable bonds is 16. The Morgan fingerprint density at radius 2 is 1.34 bits per heavy atom. The van der Waals surface area contributed by atoms with Crippen LogP contribution < -0.4 is 17.2 Å². The molecule has 0 aromatic heterocycles. The summed E-state index contributed by atoms with van der Waals surface area (Å²) in [6, 6.07) is 7.10. The van der Waals surface area contributed by atoms with Gasteiger partial charge in [0.25, 0.3) is 5.91 Å². The lowest BCUT2D eigenvalue weighted by molar-refractivity contribution is -0.125. The fourth-order valence-electron chi connectivity index (χ4n) is 3.44. The van der Waals surface area contributed by atoms with Crippen molar-refractivity contribution in [2.45, 2.75) is 104 Å². The summed E-state index contributed by atoms with van der Waals surface area (Å²) < 4.78 is 4.99. The Labute approximate surface area is 195 Å². The van der Waals surface area contributed by atoms with E-state index in [0.29, 0.717) is 11.0 Å². The number of carbonyl (C=O) groups is 2. The van der Waals surface area contributed by atoms with E-state index in [1.54, 1.807) is 12.1 Å². The summed E-state index contributed by atoms with van der Waals surface area (Å²) in [6.07, 6.45) is 13.7. The van der Waals surface area contributed by atoms with Crippen LogP contribution in [0, 0.1) is 5.41 Å². The van der Waals surface area contributed by atoms with Gasteiger partial charge in [-0.2, -0.15) is 0 Å². The quantitative estimate of drug-likeness (QED) is 0.193. The molecule has 184 valence electrons. The fourth-order valence-corrected chi connectivity index (χ4v) is 3.44.